The van der Waals surface area contributed by atoms with Crippen LogP contribution < -0.4 is 4.74 Å². The van der Waals surface area contributed by atoms with E-state index in [0.717, 1.165) is 57.0 Å². The normalized spacial score (nSPS) is 22.6. The summed E-state index contributed by atoms with van der Waals surface area (Å²) in [5.74, 6) is 1.87. The largest absolute Gasteiger partial charge is 0.490 e. The second-order valence-corrected chi connectivity index (χ2v) is 11.1. The lowest BCUT2D eigenvalue weighted by atomic mass is 9.69. The molecule has 1 saturated carbocycles. The van der Waals surface area contributed by atoms with E-state index in [4.69, 9.17) is 9.47 Å². The minimum absolute atomic E-state index is 0.0243. The molecule has 1 heterocycles. The van der Waals surface area contributed by atoms with Gasteiger partial charge in [-0.15, -0.1) is 0 Å². The van der Waals surface area contributed by atoms with Crippen molar-refractivity contribution in [2.24, 2.45) is 17.3 Å². The average Bonchev–Trinajstić information content (AvgIpc) is 2.85. The molecule has 0 aromatic heterocycles. The van der Waals surface area contributed by atoms with Crippen molar-refractivity contribution in [1.82, 2.24) is 4.90 Å². The average molecular weight is 466 g/mol. The van der Waals surface area contributed by atoms with Gasteiger partial charge in [-0.25, -0.2) is 0 Å². The molecule has 1 aliphatic heterocycles. The lowest BCUT2D eigenvalue weighted by molar-refractivity contribution is -0.149. The maximum atomic E-state index is 12.0. The van der Waals surface area contributed by atoms with Crippen molar-refractivity contribution in [3.8, 4) is 5.75 Å². The summed E-state index contributed by atoms with van der Waals surface area (Å²) in [6, 6.07) is 13.3. The van der Waals surface area contributed by atoms with Crippen molar-refractivity contribution >= 4 is 16.7 Å². The summed E-state index contributed by atoms with van der Waals surface area (Å²) in [5.41, 5.74) is 1.77. The summed E-state index contributed by atoms with van der Waals surface area (Å²) in [4.78, 5) is 14.4. The first-order valence-electron chi connectivity index (χ1n) is 13.5. The van der Waals surface area contributed by atoms with Gasteiger partial charge < -0.3 is 9.47 Å². The third-order valence-corrected chi connectivity index (χ3v) is 8.48. The van der Waals surface area contributed by atoms with Gasteiger partial charge in [-0.05, 0) is 104 Å². The third-order valence-electron chi connectivity index (χ3n) is 8.48. The molecule has 0 atom stereocenters. The van der Waals surface area contributed by atoms with Crippen LogP contribution in [0.5, 0.6) is 5.75 Å². The first-order chi connectivity index (χ1) is 16.4. The molecule has 0 radical (unpaired) electrons. The van der Waals surface area contributed by atoms with Crippen molar-refractivity contribution in [3.63, 3.8) is 0 Å². The van der Waals surface area contributed by atoms with Crippen molar-refractivity contribution in [1.29, 1.82) is 0 Å². The zero-order chi connectivity index (χ0) is 24.1. The summed E-state index contributed by atoms with van der Waals surface area (Å²) in [6.45, 7) is 12.3. The van der Waals surface area contributed by atoms with Crippen LogP contribution in [-0.2, 0) is 16.1 Å². The number of carbonyl (C=O) groups excluding carboxylic acids is 1. The highest BCUT2D eigenvalue weighted by Crippen LogP contribution is 2.41. The number of esters is 1. The molecule has 186 valence electrons. The molecule has 0 spiro atoms. The van der Waals surface area contributed by atoms with Gasteiger partial charge in [0.1, 0.15) is 5.75 Å². The minimum Gasteiger partial charge on any atom is -0.490 e. The van der Waals surface area contributed by atoms with Gasteiger partial charge in [0.05, 0.1) is 18.6 Å². The fourth-order valence-electron chi connectivity index (χ4n) is 5.73. The molecule has 2 aromatic carbocycles. The Kier molecular flexibility index (Phi) is 8.18. The summed E-state index contributed by atoms with van der Waals surface area (Å²) in [5, 5.41) is 2.50. The second-order valence-electron chi connectivity index (χ2n) is 11.1. The lowest BCUT2D eigenvalue weighted by Crippen LogP contribution is -2.36. The molecule has 4 heteroatoms. The number of likely N-dealkylation sites (tertiary alicyclic amines) is 1. The van der Waals surface area contributed by atoms with Crippen LogP contribution in [0.3, 0.4) is 0 Å². The van der Waals surface area contributed by atoms with Crippen molar-refractivity contribution in [2.45, 2.75) is 85.3 Å². The fourth-order valence-corrected chi connectivity index (χ4v) is 5.73. The Labute approximate surface area is 206 Å². The van der Waals surface area contributed by atoms with E-state index in [2.05, 4.69) is 62.1 Å². The molecular weight excluding hydrogens is 422 g/mol. The van der Waals surface area contributed by atoms with Crippen molar-refractivity contribution < 1.29 is 14.3 Å². The van der Waals surface area contributed by atoms with E-state index in [0.29, 0.717) is 18.1 Å². The molecule has 0 bridgehead atoms. The van der Waals surface area contributed by atoms with Gasteiger partial charge in [-0.2, -0.15) is 0 Å². The number of carbonyl (C=O) groups is 1. The summed E-state index contributed by atoms with van der Waals surface area (Å²) in [7, 11) is 0. The zero-order valence-electron chi connectivity index (χ0n) is 21.6. The second kappa shape index (κ2) is 11.1. The Balaban J connectivity index is 1.30. The Hall–Kier alpha value is -2.07. The van der Waals surface area contributed by atoms with Crippen LogP contribution >= 0.6 is 0 Å². The highest BCUT2D eigenvalue weighted by Gasteiger charge is 2.32. The molecule has 1 aliphatic carbocycles. The standard InChI is InChI=1S/C30H43NO3/c1-5-30(3,4)26-10-13-27(14-11-26)34-28-12-9-24-19-22(7-8-25(24)20-28)21-31-17-15-23(16-18-31)29(32)33-6-2/h7-9,12,19-20,23,26-27H,5-6,10-11,13-18,21H2,1-4H3/t26-,27+. The molecule has 0 unspecified atom stereocenters. The highest BCUT2D eigenvalue weighted by molar-refractivity contribution is 5.84. The van der Waals surface area contributed by atoms with Crippen LogP contribution in [0.25, 0.3) is 10.8 Å². The number of nitrogens with zero attached hydrogens (tertiary/aromatic N) is 1. The fraction of sp³-hybridized carbons (Fsp3) is 0.633. The molecule has 1 saturated heterocycles. The third kappa shape index (κ3) is 6.13. The molecule has 0 N–H and O–H groups in total. The lowest BCUT2D eigenvalue weighted by Gasteiger charge is -2.38. The van der Waals surface area contributed by atoms with Crippen LogP contribution in [0, 0.1) is 17.3 Å². The number of hydrogen-bond donors (Lipinski definition) is 0. The quantitative estimate of drug-likeness (QED) is 0.394. The van der Waals surface area contributed by atoms with Gasteiger partial charge in [0.15, 0.2) is 0 Å². The van der Waals surface area contributed by atoms with Gasteiger partial charge >= 0.3 is 5.97 Å². The van der Waals surface area contributed by atoms with Gasteiger partial charge in [0.25, 0.3) is 0 Å². The molecule has 0 amide bonds. The van der Waals surface area contributed by atoms with Gasteiger partial charge in [-0.3, -0.25) is 9.69 Å². The molecule has 2 aromatic rings. The number of ether oxygens (including phenoxy) is 2. The van der Waals surface area contributed by atoms with E-state index >= 15 is 0 Å². The number of benzene rings is 2. The molecule has 2 fully saturated rings. The first-order valence-corrected chi connectivity index (χ1v) is 13.5. The SMILES string of the molecule is CCOC(=O)C1CCN(Cc2ccc3cc(O[C@H]4CC[C@@H](C(C)(C)CC)CC4)ccc3c2)CC1. The Bertz CT molecular complexity index is 953. The van der Waals surface area contributed by atoms with E-state index in [1.54, 1.807) is 0 Å². The van der Waals surface area contributed by atoms with E-state index in [9.17, 15) is 4.79 Å². The molecule has 4 rings (SSSR count). The Morgan fingerprint density at radius 1 is 0.941 bits per heavy atom. The van der Waals surface area contributed by atoms with Crippen LogP contribution in [0.4, 0.5) is 0 Å². The van der Waals surface area contributed by atoms with E-state index < -0.39 is 0 Å². The van der Waals surface area contributed by atoms with Crippen molar-refractivity contribution in [3.05, 3.63) is 42.0 Å². The Morgan fingerprint density at radius 2 is 1.62 bits per heavy atom. The predicted molar refractivity (Wildman–Crippen MR) is 139 cm³/mol. The van der Waals surface area contributed by atoms with Gasteiger partial charge in [0.2, 0.25) is 0 Å². The van der Waals surface area contributed by atoms with Gasteiger partial charge in [0, 0.05) is 6.54 Å². The molecule has 4 nitrogen and oxygen atoms in total. The monoisotopic (exact) mass is 465 g/mol. The summed E-state index contributed by atoms with van der Waals surface area (Å²) >= 11 is 0. The number of rotatable bonds is 8. The number of fused-ring (bicyclic) bond motifs is 1. The smallest absolute Gasteiger partial charge is 0.309 e. The van der Waals surface area contributed by atoms with Crippen LogP contribution in [0.2, 0.25) is 0 Å². The molecular formula is C30H43NO3. The van der Waals surface area contributed by atoms with E-state index in [1.807, 2.05) is 6.92 Å². The molecule has 34 heavy (non-hydrogen) atoms. The van der Waals surface area contributed by atoms with Crippen molar-refractivity contribution in [2.75, 3.05) is 19.7 Å². The minimum atomic E-state index is -0.0243. The topological polar surface area (TPSA) is 38.8 Å². The first kappa shape index (κ1) is 25.0. The summed E-state index contributed by atoms with van der Waals surface area (Å²) in [6.07, 6.45) is 8.27. The van der Waals surface area contributed by atoms with Gasteiger partial charge in [-0.1, -0.05) is 45.4 Å². The van der Waals surface area contributed by atoms with E-state index in [1.165, 1.54) is 35.6 Å². The zero-order valence-corrected chi connectivity index (χ0v) is 21.6. The highest BCUT2D eigenvalue weighted by atomic mass is 16.5. The summed E-state index contributed by atoms with van der Waals surface area (Å²) < 4.78 is 11.6. The van der Waals surface area contributed by atoms with Crippen LogP contribution in [0.15, 0.2) is 36.4 Å². The predicted octanol–water partition coefficient (Wildman–Crippen LogP) is 6.99. The van der Waals surface area contributed by atoms with E-state index in [-0.39, 0.29) is 11.9 Å². The van der Waals surface area contributed by atoms with Crippen LogP contribution in [-0.4, -0.2) is 36.7 Å². The molecule has 2 aliphatic rings. The maximum absolute atomic E-state index is 12.0. The number of piperidine rings is 1. The van der Waals surface area contributed by atoms with Crippen LogP contribution in [0.1, 0.15) is 78.2 Å². The maximum Gasteiger partial charge on any atom is 0.309 e. The number of hydrogen-bond acceptors (Lipinski definition) is 4. The Morgan fingerprint density at radius 3 is 2.29 bits per heavy atom.